The average Bonchev–Trinajstić information content (AvgIpc) is 2.41. The van der Waals surface area contributed by atoms with Gasteiger partial charge in [-0.2, -0.15) is 0 Å². The predicted molar refractivity (Wildman–Crippen MR) is 72.3 cm³/mol. The molecule has 1 saturated heterocycles. The van der Waals surface area contributed by atoms with Crippen molar-refractivity contribution in [2.24, 2.45) is 0 Å². The number of rotatable bonds is 4. The van der Waals surface area contributed by atoms with Crippen molar-refractivity contribution in [1.29, 1.82) is 0 Å². The van der Waals surface area contributed by atoms with Crippen molar-refractivity contribution >= 4 is 17.4 Å². The maximum atomic E-state index is 11.9. The smallest absolute Gasteiger partial charge is 0.226 e. The number of benzene rings is 1. The Morgan fingerprint density at radius 3 is 3.11 bits per heavy atom. The number of Topliss-reactive ketones (excluding diaryl/α,β-unsaturated/α-hetero) is 1. The van der Waals surface area contributed by atoms with Gasteiger partial charge in [-0.05, 0) is 25.1 Å². The van der Waals surface area contributed by atoms with Crippen molar-refractivity contribution < 1.29 is 14.3 Å². The molecule has 0 spiro atoms. The van der Waals surface area contributed by atoms with Crippen LogP contribution in [0.25, 0.3) is 0 Å². The van der Waals surface area contributed by atoms with E-state index < -0.39 is 0 Å². The van der Waals surface area contributed by atoms with Crippen LogP contribution in [0.3, 0.4) is 0 Å². The molecule has 1 atom stereocenters. The molecule has 0 aliphatic carbocycles. The number of carbonyl (C=O) groups excluding carboxylic acids is 2. The van der Waals surface area contributed by atoms with E-state index in [-0.39, 0.29) is 24.2 Å². The van der Waals surface area contributed by atoms with Crippen molar-refractivity contribution in [3.63, 3.8) is 0 Å². The van der Waals surface area contributed by atoms with Gasteiger partial charge in [0.05, 0.1) is 13.2 Å². The maximum Gasteiger partial charge on any atom is 0.226 e. The van der Waals surface area contributed by atoms with Crippen molar-refractivity contribution in [1.82, 2.24) is 5.32 Å². The van der Waals surface area contributed by atoms with Crippen LogP contribution in [0.5, 0.6) is 5.75 Å². The third-order valence-electron chi connectivity index (χ3n) is 3.12. The molecule has 1 amide bonds. The average molecular weight is 262 g/mol. The molecule has 1 unspecified atom stereocenters. The number of amides is 1. The van der Waals surface area contributed by atoms with Crippen molar-refractivity contribution in [3.8, 4) is 5.75 Å². The molecule has 1 heterocycles. The quantitative estimate of drug-likeness (QED) is 0.859. The number of nitrogens with one attached hydrogen (secondary N) is 2. The highest BCUT2D eigenvalue weighted by atomic mass is 16.5. The summed E-state index contributed by atoms with van der Waals surface area (Å²) >= 11 is 0. The van der Waals surface area contributed by atoms with Crippen LogP contribution in [0.1, 0.15) is 19.3 Å². The SMILES string of the molecule is COc1cccc(NC(=O)CC2NCCCC2=O)c1. The minimum atomic E-state index is -0.348. The van der Waals surface area contributed by atoms with Gasteiger partial charge >= 0.3 is 0 Å². The molecule has 102 valence electrons. The summed E-state index contributed by atoms with van der Waals surface area (Å²) in [6, 6.07) is 6.80. The lowest BCUT2D eigenvalue weighted by molar-refractivity contribution is -0.126. The van der Waals surface area contributed by atoms with E-state index in [9.17, 15) is 9.59 Å². The van der Waals surface area contributed by atoms with E-state index in [1.165, 1.54) is 0 Å². The standard InChI is InChI=1S/C14H18N2O3/c1-19-11-5-2-4-10(8-11)16-14(18)9-12-13(17)6-3-7-15-12/h2,4-5,8,12,15H,3,6-7,9H2,1H3,(H,16,18). The van der Waals surface area contributed by atoms with Gasteiger partial charge in [0.2, 0.25) is 5.91 Å². The second-order valence-electron chi connectivity index (χ2n) is 4.56. The second kappa shape index (κ2) is 6.33. The fourth-order valence-electron chi connectivity index (χ4n) is 2.11. The van der Waals surface area contributed by atoms with Gasteiger partial charge in [-0.15, -0.1) is 0 Å². The summed E-state index contributed by atoms with van der Waals surface area (Å²) in [4.78, 5) is 23.5. The lowest BCUT2D eigenvalue weighted by Crippen LogP contribution is -2.43. The molecule has 1 aliphatic heterocycles. The number of ketones is 1. The minimum Gasteiger partial charge on any atom is -0.497 e. The molecule has 0 aromatic heterocycles. The van der Waals surface area contributed by atoms with Gasteiger partial charge in [0, 0.05) is 24.6 Å². The third-order valence-corrected chi connectivity index (χ3v) is 3.12. The van der Waals surface area contributed by atoms with Crippen LogP contribution >= 0.6 is 0 Å². The van der Waals surface area contributed by atoms with Gasteiger partial charge in [0.25, 0.3) is 0 Å². The Morgan fingerprint density at radius 2 is 2.37 bits per heavy atom. The monoisotopic (exact) mass is 262 g/mol. The molecule has 1 aromatic rings. The van der Waals surface area contributed by atoms with Crippen LogP contribution in [0.4, 0.5) is 5.69 Å². The first-order chi connectivity index (χ1) is 9.19. The fraction of sp³-hybridized carbons (Fsp3) is 0.429. The van der Waals surface area contributed by atoms with Crippen LogP contribution in [0.2, 0.25) is 0 Å². The molecule has 5 heteroatoms. The molecule has 0 radical (unpaired) electrons. The van der Waals surface area contributed by atoms with Crippen LogP contribution in [0, 0.1) is 0 Å². The van der Waals surface area contributed by atoms with Gasteiger partial charge in [-0.1, -0.05) is 6.07 Å². The van der Waals surface area contributed by atoms with Crippen LogP contribution in [0.15, 0.2) is 24.3 Å². The summed E-state index contributed by atoms with van der Waals surface area (Å²) in [5.74, 6) is 0.637. The molecule has 0 bridgehead atoms. The van der Waals surface area contributed by atoms with E-state index in [0.717, 1.165) is 13.0 Å². The van der Waals surface area contributed by atoms with Gasteiger partial charge in [-0.25, -0.2) is 0 Å². The van der Waals surface area contributed by atoms with E-state index in [1.54, 1.807) is 25.3 Å². The zero-order valence-electron chi connectivity index (χ0n) is 10.9. The normalized spacial score (nSPS) is 19.0. The highest BCUT2D eigenvalue weighted by molar-refractivity contribution is 5.96. The van der Waals surface area contributed by atoms with Gasteiger partial charge in [0.15, 0.2) is 0 Å². The molecule has 5 nitrogen and oxygen atoms in total. The summed E-state index contributed by atoms with van der Waals surface area (Å²) < 4.78 is 5.09. The third kappa shape index (κ3) is 3.79. The van der Waals surface area contributed by atoms with Crippen LogP contribution < -0.4 is 15.4 Å². The first kappa shape index (κ1) is 13.5. The lowest BCUT2D eigenvalue weighted by Gasteiger charge is -2.21. The van der Waals surface area contributed by atoms with Crippen molar-refractivity contribution in [3.05, 3.63) is 24.3 Å². The highest BCUT2D eigenvalue weighted by Gasteiger charge is 2.24. The summed E-state index contributed by atoms with van der Waals surface area (Å²) in [5, 5.41) is 5.85. The van der Waals surface area contributed by atoms with Crippen molar-refractivity contribution in [2.75, 3.05) is 19.0 Å². The van der Waals surface area contributed by atoms with Gasteiger partial charge in [-0.3, -0.25) is 9.59 Å². The molecule has 2 N–H and O–H groups in total. The maximum absolute atomic E-state index is 11.9. The van der Waals surface area contributed by atoms with E-state index in [0.29, 0.717) is 17.9 Å². The largest absolute Gasteiger partial charge is 0.497 e. The first-order valence-corrected chi connectivity index (χ1v) is 6.39. The number of anilines is 1. The number of hydrogen-bond acceptors (Lipinski definition) is 4. The summed E-state index contributed by atoms with van der Waals surface area (Å²) in [6.45, 7) is 0.794. The van der Waals surface area contributed by atoms with Gasteiger partial charge < -0.3 is 15.4 Å². The number of methoxy groups -OCH3 is 1. The second-order valence-corrected chi connectivity index (χ2v) is 4.56. The summed E-state index contributed by atoms with van der Waals surface area (Å²) in [5.41, 5.74) is 0.674. The Balaban J connectivity index is 1.91. The van der Waals surface area contributed by atoms with E-state index in [1.807, 2.05) is 6.07 Å². The number of hydrogen-bond donors (Lipinski definition) is 2. The van der Waals surface area contributed by atoms with Crippen LogP contribution in [-0.4, -0.2) is 31.4 Å². The first-order valence-electron chi connectivity index (χ1n) is 6.39. The zero-order chi connectivity index (χ0) is 13.7. The Hall–Kier alpha value is -1.88. The molecule has 2 rings (SSSR count). The number of carbonyl (C=O) groups is 2. The Kier molecular flexibility index (Phi) is 4.52. The molecule has 0 saturated carbocycles. The fourth-order valence-corrected chi connectivity index (χ4v) is 2.11. The van der Waals surface area contributed by atoms with E-state index >= 15 is 0 Å². The molecule has 19 heavy (non-hydrogen) atoms. The topological polar surface area (TPSA) is 67.4 Å². The van der Waals surface area contributed by atoms with Gasteiger partial charge in [0.1, 0.15) is 11.5 Å². The number of ether oxygens (including phenoxy) is 1. The predicted octanol–water partition coefficient (Wildman–Crippen LogP) is 1.34. The molecule has 1 fully saturated rings. The lowest BCUT2D eigenvalue weighted by atomic mass is 10.0. The number of piperidine rings is 1. The highest BCUT2D eigenvalue weighted by Crippen LogP contribution is 2.17. The zero-order valence-corrected chi connectivity index (χ0v) is 10.9. The Labute approximate surface area is 112 Å². The van der Waals surface area contributed by atoms with E-state index in [2.05, 4.69) is 10.6 Å². The summed E-state index contributed by atoms with van der Waals surface area (Å²) in [6.07, 6.45) is 1.59. The Morgan fingerprint density at radius 1 is 1.53 bits per heavy atom. The molecule has 1 aromatic carbocycles. The molecule has 1 aliphatic rings. The molecular weight excluding hydrogens is 244 g/mol. The summed E-state index contributed by atoms with van der Waals surface area (Å²) in [7, 11) is 1.57. The minimum absolute atomic E-state index is 0.118. The van der Waals surface area contributed by atoms with Crippen molar-refractivity contribution in [2.45, 2.75) is 25.3 Å². The Bertz CT molecular complexity index is 474. The van der Waals surface area contributed by atoms with E-state index in [4.69, 9.17) is 4.74 Å². The molecular formula is C14H18N2O3. The van der Waals surface area contributed by atoms with Crippen LogP contribution in [-0.2, 0) is 9.59 Å².